The maximum absolute atomic E-state index is 8.00. The number of halogens is 1. The number of aromatic nitrogens is 1. The van der Waals surface area contributed by atoms with Crippen molar-refractivity contribution in [2.75, 3.05) is 0 Å². The minimum atomic E-state index is 0.215. The van der Waals surface area contributed by atoms with E-state index in [1.807, 2.05) is 0 Å². The van der Waals surface area contributed by atoms with Crippen LogP contribution < -0.4 is 0 Å². The first-order chi connectivity index (χ1) is 4.84. The van der Waals surface area contributed by atoms with Crippen LogP contribution in [0.15, 0.2) is 23.4 Å². The molecule has 0 aromatic carbocycles. The summed E-state index contributed by atoms with van der Waals surface area (Å²) in [7, 11) is 0. The Labute approximate surface area is 62.1 Å². The lowest BCUT2D eigenvalue weighted by Crippen LogP contribution is -1.70. The monoisotopic (exact) mass is 154 g/mol. The minimum absolute atomic E-state index is 0.215. The number of azide groups is 1. The van der Waals surface area contributed by atoms with Crippen molar-refractivity contribution in [1.29, 1.82) is 0 Å². The first-order valence-electron chi connectivity index (χ1n) is 2.50. The molecule has 10 heavy (non-hydrogen) atoms. The van der Waals surface area contributed by atoms with Crippen molar-refractivity contribution in [3.8, 4) is 0 Å². The van der Waals surface area contributed by atoms with Crippen LogP contribution in [-0.4, -0.2) is 4.98 Å². The van der Waals surface area contributed by atoms with Crippen LogP contribution in [0.3, 0.4) is 0 Å². The van der Waals surface area contributed by atoms with Crippen LogP contribution in [0.5, 0.6) is 0 Å². The summed E-state index contributed by atoms with van der Waals surface area (Å²) >= 11 is 5.58. The molecule has 1 rings (SSSR count). The molecule has 0 radical (unpaired) electrons. The quantitative estimate of drug-likeness (QED) is 0.349. The zero-order chi connectivity index (χ0) is 7.40. The highest BCUT2D eigenvalue weighted by Gasteiger charge is 1.93. The molecule has 0 aliphatic carbocycles. The third kappa shape index (κ3) is 1.37. The molecular formula is C5H3ClN4. The van der Waals surface area contributed by atoms with Crippen molar-refractivity contribution in [2.24, 2.45) is 5.11 Å². The van der Waals surface area contributed by atoms with Crippen LogP contribution in [0.4, 0.5) is 5.82 Å². The zero-order valence-electron chi connectivity index (χ0n) is 4.90. The summed E-state index contributed by atoms with van der Waals surface area (Å²) in [5.41, 5.74) is 8.00. The van der Waals surface area contributed by atoms with Gasteiger partial charge in [0.25, 0.3) is 0 Å². The van der Waals surface area contributed by atoms with Gasteiger partial charge >= 0.3 is 0 Å². The summed E-state index contributed by atoms with van der Waals surface area (Å²) < 4.78 is 0. The van der Waals surface area contributed by atoms with E-state index in [4.69, 9.17) is 17.1 Å². The second-order valence-electron chi connectivity index (χ2n) is 1.50. The fourth-order valence-corrected chi connectivity index (χ4v) is 0.653. The van der Waals surface area contributed by atoms with Crippen molar-refractivity contribution in [1.82, 2.24) is 4.98 Å². The minimum Gasteiger partial charge on any atom is -0.253 e. The number of rotatable bonds is 1. The molecule has 0 bridgehead atoms. The molecule has 1 aromatic rings. The highest BCUT2D eigenvalue weighted by atomic mass is 35.5. The van der Waals surface area contributed by atoms with Gasteiger partial charge in [-0.2, -0.15) is 0 Å². The van der Waals surface area contributed by atoms with Crippen LogP contribution >= 0.6 is 11.6 Å². The SMILES string of the molecule is [N-]=[N+]=Nc1ncccc1Cl. The fraction of sp³-hybridized carbons (Fsp3) is 0. The average molecular weight is 155 g/mol. The topological polar surface area (TPSA) is 61.7 Å². The van der Waals surface area contributed by atoms with Crippen molar-refractivity contribution in [3.63, 3.8) is 0 Å². The largest absolute Gasteiger partial charge is 0.253 e. The average Bonchev–Trinajstić information content (AvgIpc) is 1.94. The zero-order valence-corrected chi connectivity index (χ0v) is 5.65. The Morgan fingerprint density at radius 2 is 2.50 bits per heavy atom. The van der Waals surface area contributed by atoms with Gasteiger partial charge in [0.1, 0.15) is 5.82 Å². The molecule has 4 nitrogen and oxygen atoms in total. The molecule has 5 heteroatoms. The Morgan fingerprint density at radius 3 is 3.10 bits per heavy atom. The van der Waals surface area contributed by atoms with Gasteiger partial charge in [-0.3, -0.25) is 4.98 Å². The van der Waals surface area contributed by atoms with Crippen LogP contribution in [-0.2, 0) is 0 Å². The Hall–Kier alpha value is -1.25. The standard InChI is InChI=1S/C5H3ClN4/c6-4-2-1-3-8-5(4)9-10-7/h1-3H. The Bertz CT molecular complexity index is 279. The number of nitrogens with zero attached hydrogens (tertiary/aromatic N) is 4. The van der Waals surface area contributed by atoms with Gasteiger partial charge in [-0.05, 0) is 22.8 Å². The normalized spacial score (nSPS) is 8.50. The van der Waals surface area contributed by atoms with Crippen molar-refractivity contribution < 1.29 is 0 Å². The molecule has 0 amide bonds. The Morgan fingerprint density at radius 1 is 1.70 bits per heavy atom. The Balaban J connectivity index is 3.14. The number of hydrogen-bond donors (Lipinski definition) is 0. The molecule has 0 fully saturated rings. The van der Waals surface area contributed by atoms with Gasteiger partial charge in [0.05, 0.1) is 5.02 Å². The van der Waals surface area contributed by atoms with Crippen molar-refractivity contribution in [3.05, 3.63) is 33.8 Å². The summed E-state index contributed by atoms with van der Waals surface area (Å²) in [6.45, 7) is 0. The lowest BCUT2D eigenvalue weighted by molar-refractivity contribution is 1.26. The van der Waals surface area contributed by atoms with Gasteiger partial charge in [-0.15, -0.1) is 0 Å². The Kier molecular flexibility index (Phi) is 2.10. The molecule has 0 unspecified atom stereocenters. The van der Waals surface area contributed by atoms with Crippen LogP contribution in [0.2, 0.25) is 5.02 Å². The van der Waals surface area contributed by atoms with E-state index in [1.165, 1.54) is 6.20 Å². The van der Waals surface area contributed by atoms with E-state index < -0.39 is 0 Å². The first kappa shape index (κ1) is 6.86. The maximum atomic E-state index is 8.00. The van der Waals surface area contributed by atoms with E-state index in [-0.39, 0.29) is 5.82 Å². The molecular weight excluding hydrogens is 152 g/mol. The summed E-state index contributed by atoms with van der Waals surface area (Å²) in [4.78, 5) is 6.26. The van der Waals surface area contributed by atoms with Crippen LogP contribution in [0, 0.1) is 0 Å². The van der Waals surface area contributed by atoms with Gasteiger partial charge < -0.3 is 0 Å². The summed E-state index contributed by atoms with van der Waals surface area (Å²) in [6, 6.07) is 3.28. The third-order valence-corrected chi connectivity index (χ3v) is 1.17. The van der Waals surface area contributed by atoms with Crippen molar-refractivity contribution >= 4 is 17.4 Å². The molecule has 0 saturated carbocycles. The van der Waals surface area contributed by atoms with Gasteiger partial charge in [0.15, 0.2) is 0 Å². The highest BCUT2D eigenvalue weighted by Crippen LogP contribution is 2.19. The van der Waals surface area contributed by atoms with Crippen LogP contribution in [0.1, 0.15) is 0 Å². The maximum Gasteiger partial charge on any atom is 0.145 e. The summed E-state index contributed by atoms with van der Waals surface area (Å²) in [5.74, 6) is 0.215. The van der Waals surface area contributed by atoms with E-state index in [0.717, 1.165) is 0 Å². The highest BCUT2D eigenvalue weighted by molar-refractivity contribution is 6.32. The molecule has 0 aliphatic rings. The molecule has 0 atom stereocenters. The van der Waals surface area contributed by atoms with E-state index in [1.54, 1.807) is 12.1 Å². The third-order valence-electron chi connectivity index (χ3n) is 0.878. The first-order valence-corrected chi connectivity index (χ1v) is 2.88. The van der Waals surface area contributed by atoms with Gasteiger partial charge in [0.2, 0.25) is 0 Å². The molecule has 0 aliphatic heterocycles. The summed E-state index contributed by atoms with van der Waals surface area (Å²) in [5, 5.41) is 3.61. The molecule has 0 spiro atoms. The summed E-state index contributed by atoms with van der Waals surface area (Å²) in [6.07, 6.45) is 1.51. The predicted molar refractivity (Wildman–Crippen MR) is 38.1 cm³/mol. The van der Waals surface area contributed by atoms with Gasteiger partial charge in [-0.25, -0.2) is 0 Å². The second kappa shape index (κ2) is 3.06. The van der Waals surface area contributed by atoms with E-state index in [9.17, 15) is 0 Å². The van der Waals surface area contributed by atoms with Gasteiger partial charge in [-0.1, -0.05) is 11.6 Å². The fourth-order valence-electron chi connectivity index (χ4n) is 0.493. The van der Waals surface area contributed by atoms with E-state index >= 15 is 0 Å². The van der Waals surface area contributed by atoms with E-state index in [0.29, 0.717) is 5.02 Å². The molecule has 0 saturated heterocycles. The lowest BCUT2D eigenvalue weighted by atomic mass is 10.5. The number of hydrogen-bond acceptors (Lipinski definition) is 2. The smallest absolute Gasteiger partial charge is 0.145 e. The second-order valence-corrected chi connectivity index (χ2v) is 1.91. The lowest BCUT2D eigenvalue weighted by Gasteiger charge is -1.90. The van der Waals surface area contributed by atoms with Crippen LogP contribution in [0.25, 0.3) is 10.4 Å². The van der Waals surface area contributed by atoms with Crippen molar-refractivity contribution in [2.45, 2.75) is 0 Å². The molecule has 1 heterocycles. The molecule has 0 N–H and O–H groups in total. The predicted octanol–water partition coefficient (Wildman–Crippen LogP) is 2.68. The van der Waals surface area contributed by atoms with Gasteiger partial charge in [0, 0.05) is 11.1 Å². The molecule has 50 valence electrons. The number of pyridine rings is 1. The van der Waals surface area contributed by atoms with E-state index in [2.05, 4.69) is 15.0 Å². The molecule has 1 aromatic heterocycles.